The maximum absolute atomic E-state index is 9.42. The number of aliphatic hydroxyl groups excluding tert-OH is 2. The highest BCUT2D eigenvalue weighted by molar-refractivity contribution is 4.76. The SMILES string of the molecule is CCC[C@H]1CC(O)CC(CO)O1. The maximum Gasteiger partial charge on any atom is 0.0834 e. The van der Waals surface area contributed by atoms with Gasteiger partial charge in [-0.2, -0.15) is 0 Å². The van der Waals surface area contributed by atoms with Crippen molar-refractivity contribution in [3.63, 3.8) is 0 Å². The molecule has 0 amide bonds. The predicted molar refractivity (Wildman–Crippen MR) is 45.9 cm³/mol. The van der Waals surface area contributed by atoms with Crippen molar-refractivity contribution in [2.24, 2.45) is 0 Å². The summed E-state index contributed by atoms with van der Waals surface area (Å²) >= 11 is 0. The van der Waals surface area contributed by atoms with Crippen molar-refractivity contribution in [3.8, 4) is 0 Å². The maximum atomic E-state index is 9.42. The fourth-order valence-electron chi connectivity index (χ4n) is 1.71. The van der Waals surface area contributed by atoms with Crippen LogP contribution in [0.3, 0.4) is 0 Å². The normalized spacial score (nSPS) is 36.8. The first-order chi connectivity index (χ1) is 5.76. The van der Waals surface area contributed by atoms with Crippen LogP contribution in [0.5, 0.6) is 0 Å². The third-order valence-electron chi connectivity index (χ3n) is 2.27. The van der Waals surface area contributed by atoms with E-state index in [9.17, 15) is 5.11 Å². The molecule has 1 fully saturated rings. The molecule has 1 rings (SSSR count). The average Bonchev–Trinajstić information content (AvgIpc) is 2.04. The first kappa shape index (κ1) is 9.96. The van der Waals surface area contributed by atoms with Gasteiger partial charge < -0.3 is 14.9 Å². The van der Waals surface area contributed by atoms with Gasteiger partial charge in [0.15, 0.2) is 0 Å². The highest BCUT2D eigenvalue weighted by atomic mass is 16.5. The zero-order chi connectivity index (χ0) is 8.97. The Morgan fingerprint density at radius 2 is 2.00 bits per heavy atom. The first-order valence-corrected chi connectivity index (χ1v) is 4.70. The molecule has 2 N–H and O–H groups in total. The van der Waals surface area contributed by atoms with Gasteiger partial charge in [0, 0.05) is 6.42 Å². The lowest BCUT2D eigenvalue weighted by Crippen LogP contribution is -2.37. The van der Waals surface area contributed by atoms with Crippen LogP contribution in [-0.4, -0.2) is 35.1 Å². The number of hydrogen-bond acceptors (Lipinski definition) is 3. The topological polar surface area (TPSA) is 49.7 Å². The summed E-state index contributed by atoms with van der Waals surface area (Å²) in [5.41, 5.74) is 0. The number of aliphatic hydroxyl groups is 2. The Labute approximate surface area is 73.4 Å². The fourth-order valence-corrected chi connectivity index (χ4v) is 1.71. The van der Waals surface area contributed by atoms with Gasteiger partial charge in [-0.1, -0.05) is 13.3 Å². The molecule has 0 radical (unpaired) electrons. The molecule has 0 saturated carbocycles. The van der Waals surface area contributed by atoms with Gasteiger partial charge in [-0.15, -0.1) is 0 Å². The minimum atomic E-state index is -0.285. The van der Waals surface area contributed by atoms with Gasteiger partial charge >= 0.3 is 0 Å². The van der Waals surface area contributed by atoms with E-state index in [1.807, 2.05) is 0 Å². The van der Waals surface area contributed by atoms with Crippen molar-refractivity contribution in [3.05, 3.63) is 0 Å². The second-order valence-corrected chi connectivity index (χ2v) is 3.48. The van der Waals surface area contributed by atoms with Crippen LogP contribution in [0, 0.1) is 0 Å². The van der Waals surface area contributed by atoms with Crippen molar-refractivity contribution in [2.45, 2.75) is 50.9 Å². The fraction of sp³-hybridized carbons (Fsp3) is 1.00. The van der Waals surface area contributed by atoms with E-state index in [0.717, 1.165) is 19.3 Å². The van der Waals surface area contributed by atoms with Crippen molar-refractivity contribution in [1.29, 1.82) is 0 Å². The van der Waals surface area contributed by atoms with Gasteiger partial charge in [0.25, 0.3) is 0 Å². The molecule has 1 heterocycles. The molecule has 3 nitrogen and oxygen atoms in total. The van der Waals surface area contributed by atoms with E-state index in [1.54, 1.807) is 0 Å². The Bertz CT molecular complexity index is 127. The summed E-state index contributed by atoms with van der Waals surface area (Å²) in [6.07, 6.45) is 3.07. The van der Waals surface area contributed by atoms with Crippen LogP contribution in [0.15, 0.2) is 0 Å². The zero-order valence-corrected chi connectivity index (χ0v) is 7.57. The largest absolute Gasteiger partial charge is 0.394 e. The molecular formula is C9H18O3. The van der Waals surface area contributed by atoms with Crippen LogP contribution < -0.4 is 0 Å². The van der Waals surface area contributed by atoms with Gasteiger partial charge in [0.05, 0.1) is 24.9 Å². The second-order valence-electron chi connectivity index (χ2n) is 3.48. The first-order valence-electron chi connectivity index (χ1n) is 4.70. The summed E-state index contributed by atoms with van der Waals surface area (Å²) in [6, 6.07) is 0. The zero-order valence-electron chi connectivity index (χ0n) is 7.57. The summed E-state index contributed by atoms with van der Waals surface area (Å²) < 4.78 is 5.54. The van der Waals surface area contributed by atoms with Crippen molar-refractivity contribution in [2.75, 3.05) is 6.61 Å². The van der Waals surface area contributed by atoms with Crippen molar-refractivity contribution in [1.82, 2.24) is 0 Å². The summed E-state index contributed by atoms with van der Waals surface area (Å²) in [6.45, 7) is 2.12. The summed E-state index contributed by atoms with van der Waals surface area (Å²) in [4.78, 5) is 0. The lowest BCUT2D eigenvalue weighted by molar-refractivity contribution is -0.113. The van der Waals surface area contributed by atoms with E-state index >= 15 is 0 Å². The molecule has 2 unspecified atom stereocenters. The Morgan fingerprint density at radius 1 is 1.33 bits per heavy atom. The third kappa shape index (κ3) is 2.73. The standard InChI is InChI=1S/C9H18O3/c1-2-3-8-4-7(11)5-9(6-10)12-8/h7-11H,2-6H2,1H3/t7?,8-,9?/m0/s1. The summed E-state index contributed by atoms with van der Waals surface area (Å²) in [7, 11) is 0. The van der Waals surface area contributed by atoms with E-state index < -0.39 is 0 Å². The molecule has 0 aromatic rings. The van der Waals surface area contributed by atoms with Crippen LogP contribution in [0.4, 0.5) is 0 Å². The molecule has 1 aliphatic heterocycles. The van der Waals surface area contributed by atoms with Gasteiger partial charge in [-0.3, -0.25) is 0 Å². The van der Waals surface area contributed by atoms with Gasteiger partial charge in [-0.25, -0.2) is 0 Å². The van der Waals surface area contributed by atoms with Gasteiger partial charge in [0.1, 0.15) is 0 Å². The van der Waals surface area contributed by atoms with Crippen LogP contribution >= 0.6 is 0 Å². The monoisotopic (exact) mass is 174 g/mol. The second kappa shape index (κ2) is 4.80. The third-order valence-corrected chi connectivity index (χ3v) is 2.27. The number of ether oxygens (including phenoxy) is 1. The van der Waals surface area contributed by atoms with E-state index in [2.05, 4.69) is 6.92 Å². The quantitative estimate of drug-likeness (QED) is 0.661. The van der Waals surface area contributed by atoms with Crippen LogP contribution in [0.2, 0.25) is 0 Å². The highest BCUT2D eigenvalue weighted by Crippen LogP contribution is 2.22. The molecule has 0 bridgehead atoms. The molecular weight excluding hydrogens is 156 g/mol. The van der Waals surface area contributed by atoms with Crippen molar-refractivity contribution < 1.29 is 14.9 Å². The van der Waals surface area contributed by atoms with E-state index in [0.29, 0.717) is 6.42 Å². The molecule has 0 aromatic carbocycles. The number of rotatable bonds is 3. The molecule has 3 atom stereocenters. The van der Waals surface area contributed by atoms with Crippen molar-refractivity contribution >= 4 is 0 Å². The van der Waals surface area contributed by atoms with Gasteiger partial charge in [0.2, 0.25) is 0 Å². The smallest absolute Gasteiger partial charge is 0.0834 e. The number of hydrogen-bond donors (Lipinski definition) is 2. The summed E-state index contributed by atoms with van der Waals surface area (Å²) in [5.74, 6) is 0. The molecule has 0 spiro atoms. The molecule has 1 aliphatic rings. The molecule has 12 heavy (non-hydrogen) atoms. The lowest BCUT2D eigenvalue weighted by atomic mass is 9.99. The Kier molecular flexibility index (Phi) is 3.98. The van der Waals surface area contributed by atoms with E-state index in [4.69, 9.17) is 9.84 Å². The molecule has 3 heteroatoms. The Balaban J connectivity index is 2.34. The van der Waals surface area contributed by atoms with E-state index in [1.165, 1.54) is 0 Å². The molecule has 0 aliphatic carbocycles. The minimum absolute atomic E-state index is 0.0251. The van der Waals surface area contributed by atoms with Gasteiger partial charge in [-0.05, 0) is 12.8 Å². The summed E-state index contributed by atoms with van der Waals surface area (Å²) in [5, 5.41) is 18.3. The minimum Gasteiger partial charge on any atom is -0.394 e. The van der Waals surface area contributed by atoms with Crippen LogP contribution in [0.1, 0.15) is 32.6 Å². The molecule has 0 aromatic heterocycles. The van der Waals surface area contributed by atoms with Crippen LogP contribution in [-0.2, 0) is 4.74 Å². The Morgan fingerprint density at radius 3 is 2.58 bits per heavy atom. The highest BCUT2D eigenvalue weighted by Gasteiger charge is 2.26. The van der Waals surface area contributed by atoms with Crippen LogP contribution in [0.25, 0.3) is 0 Å². The predicted octanol–water partition coefficient (Wildman–Crippen LogP) is 0.687. The molecule has 1 saturated heterocycles. The lowest BCUT2D eigenvalue weighted by Gasteiger charge is -2.32. The average molecular weight is 174 g/mol. The Hall–Kier alpha value is -0.120. The van der Waals surface area contributed by atoms with E-state index in [-0.39, 0.29) is 24.9 Å². The molecule has 72 valence electrons.